The number of hydrogen-bond acceptors (Lipinski definition) is 6. The van der Waals surface area contributed by atoms with Gasteiger partial charge in [0.25, 0.3) is 0 Å². The highest BCUT2D eigenvalue weighted by Crippen LogP contribution is 2.23. The van der Waals surface area contributed by atoms with Crippen molar-refractivity contribution in [2.75, 3.05) is 25.7 Å². The minimum Gasteiger partial charge on any atom is -0.467 e. The van der Waals surface area contributed by atoms with Gasteiger partial charge in [0.05, 0.1) is 7.11 Å². The fraction of sp³-hybridized carbons (Fsp3) is 0.842. The molecule has 1 N–H and O–H groups in total. The van der Waals surface area contributed by atoms with Crippen LogP contribution in [-0.2, 0) is 19.1 Å². The van der Waals surface area contributed by atoms with Crippen LogP contribution in [0.4, 0.5) is 4.79 Å². The van der Waals surface area contributed by atoms with Crippen molar-refractivity contribution < 1.29 is 23.9 Å². The Hall–Kier alpha value is -1.44. The molecule has 1 fully saturated rings. The minimum atomic E-state index is -0.622. The Morgan fingerprint density at radius 2 is 1.96 bits per heavy atom. The zero-order valence-corrected chi connectivity index (χ0v) is 18.0. The summed E-state index contributed by atoms with van der Waals surface area (Å²) in [4.78, 5) is 38.3. The SMILES string of the molecule is COC(=O)[C@H](CCSC)NC(=O)CC[C@@H]1CCCCN1C(=O)OC(C)(C)C. The molecule has 2 atom stereocenters. The average molecular weight is 403 g/mol. The molecule has 1 heterocycles. The molecule has 156 valence electrons. The molecule has 0 spiro atoms. The predicted molar refractivity (Wildman–Crippen MR) is 107 cm³/mol. The second kappa shape index (κ2) is 11.4. The third-order valence-electron chi connectivity index (χ3n) is 4.39. The second-order valence-electron chi connectivity index (χ2n) is 7.79. The lowest BCUT2D eigenvalue weighted by Crippen LogP contribution is -2.47. The fourth-order valence-electron chi connectivity index (χ4n) is 3.05. The number of carbonyl (C=O) groups is 3. The first kappa shape index (κ1) is 23.6. The van der Waals surface area contributed by atoms with Crippen molar-refractivity contribution >= 4 is 29.7 Å². The molecular weight excluding hydrogens is 368 g/mol. The van der Waals surface area contributed by atoms with Gasteiger partial charge in [0.15, 0.2) is 0 Å². The summed E-state index contributed by atoms with van der Waals surface area (Å²) in [6.45, 7) is 6.19. The summed E-state index contributed by atoms with van der Waals surface area (Å²) in [5, 5.41) is 2.76. The molecule has 2 amide bonds. The van der Waals surface area contributed by atoms with E-state index < -0.39 is 17.6 Å². The molecule has 27 heavy (non-hydrogen) atoms. The number of likely N-dealkylation sites (tertiary alicyclic amines) is 1. The number of methoxy groups -OCH3 is 1. The van der Waals surface area contributed by atoms with Crippen molar-refractivity contribution in [3.63, 3.8) is 0 Å². The Morgan fingerprint density at radius 3 is 2.56 bits per heavy atom. The largest absolute Gasteiger partial charge is 0.467 e. The van der Waals surface area contributed by atoms with Gasteiger partial charge in [0, 0.05) is 19.0 Å². The fourth-order valence-corrected chi connectivity index (χ4v) is 3.52. The first-order valence-corrected chi connectivity index (χ1v) is 10.9. The molecule has 1 saturated heterocycles. The number of hydrogen-bond donors (Lipinski definition) is 1. The number of ether oxygens (including phenoxy) is 2. The van der Waals surface area contributed by atoms with Gasteiger partial charge in [-0.15, -0.1) is 0 Å². The van der Waals surface area contributed by atoms with Crippen LogP contribution in [0.1, 0.15) is 59.3 Å². The highest BCUT2D eigenvalue weighted by atomic mass is 32.2. The first-order chi connectivity index (χ1) is 12.7. The Labute approximate surface area is 166 Å². The summed E-state index contributed by atoms with van der Waals surface area (Å²) >= 11 is 1.61. The summed E-state index contributed by atoms with van der Waals surface area (Å²) in [7, 11) is 1.32. The summed E-state index contributed by atoms with van der Waals surface area (Å²) in [5.74, 6) is 0.140. The highest BCUT2D eigenvalue weighted by Gasteiger charge is 2.31. The molecule has 0 aromatic rings. The first-order valence-electron chi connectivity index (χ1n) is 9.53. The Kier molecular flexibility index (Phi) is 9.98. The van der Waals surface area contributed by atoms with Gasteiger partial charge in [-0.05, 0) is 64.9 Å². The normalized spacial score (nSPS) is 18.6. The van der Waals surface area contributed by atoms with Crippen molar-refractivity contribution in [2.24, 2.45) is 0 Å². The molecule has 1 rings (SSSR count). The molecule has 8 heteroatoms. The van der Waals surface area contributed by atoms with Crippen LogP contribution in [0, 0.1) is 0 Å². The second-order valence-corrected chi connectivity index (χ2v) is 8.77. The maximum absolute atomic E-state index is 12.4. The summed E-state index contributed by atoms with van der Waals surface area (Å²) < 4.78 is 10.3. The van der Waals surface area contributed by atoms with Gasteiger partial charge in [-0.25, -0.2) is 9.59 Å². The van der Waals surface area contributed by atoms with E-state index in [0.29, 0.717) is 19.4 Å². The van der Waals surface area contributed by atoms with Crippen LogP contribution in [0.2, 0.25) is 0 Å². The smallest absolute Gasteiger partial charge is 0.410 e. The van der Waals surface area contributed by atoms with Crippen LogP contribution in [0.5, 0.6) is 0 Å². The molecule has 0 radical (unpaired) electrons. The van der Waals surface area contributed by atoms with Gasteiger partial charge < -0.3 is 19.7 Å². The summed E-state index contributed by atoms with van der Waals surface area (Å²) in [6.07, 6.45) is 5.82. The topological polar surface area (TPSA) is 84.9 Å². The number of carbonyl (C=O) groups excluding carboxylic acids is 3. The van der Waals surface area contributed by atoms with Crippen molar-refractivity contribution in [3.8, 4) is 0 Å². The van der Waals surface area contributed by atoms with Gasteiger partial charge in [0.2, 0.25) is 5.91 Å². The quantitative estimate of drug-likeness (QED) is 0.628. The van der Waals surface area contributed by atoms with Crippen molar-refractivity contribution in [3.05, 3.63) is 0 Å². The van der Waals surface area contributed by atoms with E-state index in [1.54, 1.807) is 16.7 Å². The third-order valence-corrected chi connectivity index (χ3v) is 5.04. The molecule has 0 unspecified atom stereocenters. The Bertz CT molecular complexity index is 507. The van der Waals surface area contributed by atoms with Gasteiger partial charge >= 0.3 is 12.1 Å². The molecule has 0 aromatic carbocycles. The van der Waals surface area contributed by atoms with Gasteiger partial charge in [0.1, 0.15) is 11.6 Å². The average Bonchev–Trinajstić information content (AvgIpc) is 2.61. The van der Waals surface area contributed by atoms with E-state index in [1.807, 2.05) is 27.0 Å². The zero-order chi connectivity index (χ0) is 20.4. The summed E-state index contributed by atoms with van der Waals surface area (Å²) in [5.41, 5.74) is -0.540. The van der Waals surface area contributed by atoms with Crippen LogP contribution in [-0.4, -0.2) is 66.2 Å². The maximum atomic E-state index is 12.4. The van der Waals surface area contributed by atoms with E-state index in [1.165, 1.54) is 7.11 Å². The lowest BCUT2D eigenvalue weighted by Gasteiger charge is -2.36. The molecule has 7 nitrogen and oxygen atoms in total. The highest BCUT2D eigenvalue weighted by molar-refractivity contribution is 7.98. The van der Waals surface area contributed by atoms with Gasteiger partial charge in [-0.1, -0.05) is 0 Å². The van der Waals surface area contributed by atoms with Crippen LogP contribution in [0.3, 0.4) is 0 Å². The standard InChI is InChI=1S/C19H34N2O5S/c1-19(2,3)26-18(24)21-12-7-6-8-14(21)9-10-16(22)20-15(11-13-27-5)17(23)25-4/h14-15H,6-13H2,1-5H3,(H,20,22)/t14-,15-/m0/s1. The molecule has 0 saturated carbocycles. The van der Waals surface area contributed by atoms with E-state index in [0.717, 1.165) is 25.0 Å². The number of thioether (sulfide) groups is 1. The molecule has 1 aliphatic rings. The number of rotatable bonds is 8. The molecule has 1 aliphatic heterocycles. The lowest BCUT2D eigenvalue weighted by atomic mass is 9.98. The van der Waals surface area contributed by atoms with Gasteiger partial charge in [-0.3, -0.25) is 4.79 Å². The van der Waals surface area contributed by atoms with Crippen molar-refractivity contribution in [1.82, 2.24) is 10.2 Å². The van der Waals surface area contributed by atoms with E-state index in [9.17, 15) is 14.4 Å². The Morgan fingerprint density at radius 1 is 1.26 bits per heavy atom. The maximum Gasteiger partial charge on any atom is 0.410 e. The van der Waals surface area contributed by atoms with Gasteiger partial charge in [-0.2, -0.15) is 11.8 Å². The molecular formula is C19H34N2O5S. The third kappa shape index (κ3) is 8.86. The van der Waals surface area contributed by atoms with E-state index >= 15 is 0 Å². The van der Waals surface area contributed by atoms with Crippen LogP contribution >= 0.6 is 11.8 Å². The number of amides is 2. The van der Waals surface area contributed by atoms with Crippen LogP contribution < -0.4 is 5.32 Å². The minimum absolute atomic E-state index is 0.0119. The van der Waals surface area contributed by atoms with E-state index in [2.05, 4.69) is 5.32 Å². The van der Waals surface area contributed by atoms with E-state index in [-0.39, 0.29) is 24.5 Å². The van der Waals surface area contributed by atoms with Crippen molar-refractivity contribution in [2.45, 2.75) is 77.0 Å². The number of piperidine rings is 1. The summed E-state index contributed by atoms with van der Waals surface area (Å²) in [6, 6.07) is -0.634. The van der Waals surface area contributed by atoms with Crippen molar-refractivity contribution in [1.29, 1.82) is 0 Å². The zero-order valence-electron chi connectivity index (χ0n) is 17.2. The van der Waals surface area contributed by atoms with Crippen LogP contribution in [0.15, 0.2) is 0 Å². The molecule has 0 aromatic heterocycles. The van der Waals surface area contributed by atoms with Crippen LogP contribution in [0.25, 0.3) is 0 Å². The lowest BCUT2D eigenvalue weighted by molar-refractivity contribution is -0.145. The number of esters is 1. The Balaban J connectivity index is 2.58. The number of nitrogens with zero attached hydrogens (tertiary/aromatic N) is 1. The molecule has 0 bridgehead atoms. The monoisotopic (exact) mass is 402 g/mol. The van der Waals surface area contributed by atoms with E-state index in [4.69, 9.17) is 9.47 Å². The predicted octanol–water partition coefficient (Wildman–Crippen LogP) is 2.97. The molecule has 0 aliphatic carbocycles. The number of nitrogens with one attached hydrogen (secondary N) is 1.